The normalized spacial score (nSPS) is 18.4. The van der Waals surface area contributed by atoms with Crippen molar-refractivity contribution in [2.75, 3.05) is 28.8 Å². The molecule has 27 heavy (non-hydrogen) atoms. The van der Waals surface area contributed by atoms with E-state index in [0.29, 0.717) is 23.7 Å². The van der Waals surface area contributed by atoms with E-state index in [4.69, 9.17) is 0 Å². The van der Waals surface area contributed by atoms with Gasteiger partial charge in [0.25, 0.3) is 5.91 Å². The van der Waals surface area contributed by atoms with Crippen molar-refractivity contribution in [1.29, 1.82) is 0 Å². The predicted molar refractivity (Wildman–Crippen MR) is 108 cm³/mol. The van der Waals surface area contributed by atoms with Gasteiger partial charge in [-0.25, -0.2) is 13.4 Å². The molecule has 0 spiro atoms. The largest absolute Gasteiger partial charge is 0.356 e. The molecule has 2 aromatic rings. The van der Waals surface area contributed by atoms with Crippen LogP contribution in [0.1, 0.15) is 42.1 Å². The summed E-state index contributed by atoms with van der Waals surface area (Å²) in [5, 5.41) is 2.98. The molecule has 3 rings (SSSR count). The molecule has 1 aromatic heterocycles. The fraction of sp³-hybridized carbons (Fsp3) is 0.400. The van der Waals surface area contributed by atoms with Gasteiger partial charge in [-0.2, -0.15) is 0 Å². The first-order valence-electron chi connectivity index (χ1n) is 9.06. The lowest BCUT2D eigenvalue weighted by atomic mass is 10.0. The molecule has 1 aliphatic heterocycles. The maximum atomic E-state index is 12.7. The molecule has 1 atom stereocenters. The second-order valence-electron chi connectivity index (χ2n) is 7.27. The second kappa shape index (κ2) is 7.68. The molecule has 0 bridgehead atoms. The molecular weight excluding hydrogens is 362 g/mol. The number of carbonyl (C=O) groups excluding carboxylic acids is 1. The van der Waals surface area contributed by atoms with Crippen LogP contribution in [0.2, 0.25) is 0 Å². The second-order valence-corrected chi connectivity index (χ2v) is 9.50. The number of para-hydroxylation sites is 1. The fourth-order valence-electron chi connectivity index (χ4n) is 3.33. The number of nitrogens with one attached hydrogen (secondary N) is 1. The third kappa shape index (κ3) is 4.47. The van der Waals surface area contributed by atoms with E-state index in [1.54, 1.807) is 18.3 Å². The van der Waals surface area contributed by atoms with E-state index in [1.165, 1.54) is 0 Å². The zero-order valence-corrected chi connectivity index (χ0v) is 16.7. The van der Waals surface area contributed by atoms with Crippen molar-refractivity contribution < 1.29 is 13.2 Å². The van der Waals surface area contributed by atoms with Crippen molar-refractivity contribution in [3.05, 3.63) is 53.7 Å². The number of amides is 1. The zero-order chi connectivity index (χ0) is 19.6. The molecule has 6 nitrogen and oxygen atoms in total. The van der Waals surface area contributed by atoms with Gasteiger partial charge in [0.15, 0.2) is 9.84 Å². The summed E-state index contributed by atoms with van der Waals surface area (Å²) in [5.41, 5.74) is 2.37. The van der Waals surface area contributed by atoms with Crippen LogP contribution in [0.4, 0.5) is 11.5 Å². The Kier molecular flexibility index (Phi) is 5.51. The van der Waals surface area contributed by atoms with Crippen LogP contribution in [0.15, 0.2) is 42.6 Å². The molecule has 2 heterocycles. The Morgan fingerprint density at radius 2 is 2.00 bits per heavy atom. The number of pyridine rings is 1. The van der Waals surface area contributed by atoms with Crippen molar-refractivity contribution in [3.8, 4) is 0 Å². The van der Waals surface area contributed by atoms with Crippen molar-refractivity contribution >= 4 is 27.2 Å². The van der Waals surface area contributed by atoms with Crippen molar-refractivity contribution in [2.24, 2.45) is 0 Å². The molecule has 144 valence electrons. The highest BCUT2D eigenvalue weighted by Crippen LogP contribution is 2.25. The van der Waals surface area contributed by atoms with Crippen molar-refractivity contribution in [1.82, 2.24) is 4.98 Å². The fourth-order valence-corrected chi connectivity index (χ4v) is 5.10. The number of aromatic nitrogens is 1. The number of anilines is 2. The lowest BCUT2D eigenvalue weighted by Gasteiger charge is -2.24. The molecular formula is C20H25N3O3S. The quantitative estimate of drug-likeness (QED) is 0.853. The summed E-state index contributed by atoms with van der Waals surface area (Å²) in [6.45, 7) is 4.17. The smallest absolute Gasteiger partial charge is 0.255 e. The number of nitrogens with zero attached hydrogens (tertiary/aromatic N) is 2. The maximum Gasteiger partial charge on any atom is 0.255 e. The van der Waals surface area contributed by atoms with Gasteiger partial charge in [0.1, 0.15) is 5.82 Å². The van der Waals surface area contributed by atoms with Gasteiger partial charge in [-0.05, 0) is 36.1 Å². The number of benzene rings is 1. The van der Waals surface area contributed by atoms with E-state index in [-0.39, 0.29) is 23.5 Å². The molecule has 1 aliphatic rings. The monoisotopic (exact) mass is 387 g/mol. The average Bonchev–Trinajstić information content (AvgIpc) is 3.01. The van der Waals surface area contributed by atoms with Crippen molar-refractivity contribution in [2.45, 2.75) is 32.2 Å². The standard InChI is InChI=1S/C20H25N3O3S/c1-14(2)17-6-4-5-7-18(17)22-20(24)15-8-10-21-19(12-15)23(3)16-9-11-27(25,26)13-16/h4-8,10,12,14,16H,9,11,13H2,1-3H3,(H,22,24). The SMILES string of the molecule is CC(C)c1ccccc1NC(=O)c1ccnc(N(C)C2CCS(=O)(=O)C2)c1. The van der Waals surface area contributed by atoms with E-state index in [2.05, 4.69) is 24.1 Å². The van der Waals surface area contributed by atoms with Crippen LogP contribution < -0.4 is 10.2 Å². The average molecular weight is 388 g/mol. The highest BCUT2D eigenvalue weighted by atomic mass is 32.2. The number of carbonyl (C=O) groups is 1. The minimum atomic E-state index is -2.98. The molecule has 1 amide bonds. The lowest BCUT2D eigenvalue weighted by Crippen LogP contribution is -2.33. The van der Waals surface area contributed by atoms with Gasteiger partial charge in [0, 0.05) is 30.5 Å². The first-order chi connectivity index (χ1) is 12.8. The van der Waals surface area contributed by atoms with Gasteiger partial charge in [0.05, 0.1) is 11.5 Å². The highest BCUT2D eigenvalue weighted by molar-refractivity contribution is 7.91. The molecule has 0 saturated carbocycles. The summed E-state index contributed by atoms with van der Waals surface area (Å²) >= 11 is 0. The molecule has 1 unspecified atom stereocenters. The van der Waals surface area contributed by atoms with E-state index in [9.17, 15) is 13.2 Å². The molecule has 1 aromatic carbocycles. The Morgan fingerprint density at radius 1 is 1.26 bits per heavy atom. The minimum absolute atomic E-state index is 0.109. The summed E-state index contributed by atoms with van der Waals surface area (Å²) in [7, 11) is -1.15. The van der Waals surface area contributed by atoms with Gasteiger partial charge in [-0.3, -0.25) is 4.79 Å². The summed E-state index contributed by atoms with van der Waals surface area (Å²) in [4.78, 5) is 18.9. The van der Waals surface area contributed by atoms with Gasteiger partial charge >= 0.3 is 0 Å². The van der Waals surface area contributed by atoms with Crippen LogP contribution in [0, 0.1) is 0 Å². The van der Waals surface area contributed by atoms with Crippen LogP contribution in [-0.2, 0) is 9.84 Å². The van der Waals surface area contributed by atoms with E-state index < -0.39 is 9.84 Å². The highest BCUT2D eigenvalue weighted by Gasteiger charge is 2.31. The van der Waals surface area contributed by atoms with E-state index in [0.717, 1.165) is 11.3 Å². The Labute approximate surface area is 160 Å². The molecule has 7 heteroatoms. The minimum Gasteiger partial charge on any atom is -0.356 e. The Hall–Kier alpha value is -2.41. The Morgan fingerprint density at radius 3 is 2.67 bits per heavy atom. The van der Waals surface area contributed by atoms with Gasteiger partial charge < -0.3 is 10.2 Å². The predicted octanol–water partition coefficient (Wildman–Crippen LogP) is 3.08. The van der Waals surface area contributed by atoms with Crippen LogP contribution in [-0.4, -0.2) is 43.9 Å². The molecule has 1 fully saturated rings. The lowest BCUT2D eigenvalue weighted by molar-refractivity contribution is 0.102. The van der Waals surface area contributed by atoms with Crippen LogP contribution >= 0.6 is 0 Å². The van der Waals surface area contributed by atoms with Gasteiger partial charge in [-0.1, -0.05) is 32.0 Å². The van der Waals surface area contributed by atoms with Gasteiger partial charge in [0.2, 0.25) is 0 Å². The van der Waals surface area contributed by atoms with Gasteiger partial charge in [-0.15, -0.1) is 0 Å². The van der Waals surface area contributed by atoms with Crippen molar-refractivity contribution in [3.63, 3.8) is 0 Å². The Balaban J connectivity index is 1.78. The molecule has 0 radical (unpaired) electrons. The molecule has 1 saturated heterocycles. The summed E-state index contributed by atoms with van der Waals surface area (Å²) in [5.74, 6) is 1.02. The topological polar surface area (TPSA) is 79.4 Å². The molecule has 1 N–H and O–H groups in total. The third-order valence-electron chi connectivity index (χ3n) is 4.96. The summed E-state index contributed by atoms with van der Waals surface area (Å²) in [6.07, 6.45) is 2.16. The zero-order valence-electron chi connectivity index (χ0n) is 15.8. The van der Waals surface area contributed by atoms with E-state index >= 15 is 0 Å². The summed E-state index contributed by atoms with van der Waals surface area (Å²) < 4.78 is 23.5. The third-order valence-corrected chi connectivity index (χ3v) is 6.71. The maximum absolute atomic E-state index is 12.7. The van der Waals surface area contributed by atoms with Crippen LogP contribution in [0.5, 0.6) is 0 Å². The van der Waals surface area contributed by atoms with Crippen LogP contribution in [0.25, 0.3) is 0 Å². The first kappa shape index (κ1) is 19.4. The molecule has 0 aliphatic carbocycles. The summed E-state index contributed by atoms with van der Waals surface area (Å²) in [6, 6.07) is 11.0. The number of hydrogen-bond acceptors (Lipinski definition) is 5. The Bertz CT molecular complexity index is 941. The number of rotatable bonds is 5. The number of sulfone groups is 1. The van der Waals surface area contributed by atoms with E-state index in [1.807, 2.05) is 36.2 Å². The van der Waals surface area contributed by atoms with Crippen LogP contribution in [0.3, 0.4) is 0 Å². The number of hydrogen-bond donors (Lipinski definition) is 1. The first-order valence-corrected chi connectivity index (χ1v) is 10.9.